The normalized spacial score (nSPS) is 15.9. The van der Waals surface area contributed by atoms with Crippen LogP contribution in [0.3, 0.4) is 0 Å². The van der Waals surface area contributed by atoms with E-state index in [0.29, 0.717) is 0 Å². The summed E-state index contributed by atoms with van der Waals surface area (Å²) < 4.78 is 79.4. The smallest absolute Gasteiger partial charge is 0.395 e. The van der Waals surface area contributed by atoms with Gasteiger partial charge in [-0.15, -0.1) is 0 Å². The zero-order chi connectivity index (χ0) is 14.1. The highest BCUT2D eigenvalue weighted by atomic mass is 19.4. The quantitative estimate of drug-likeness (QED) is 0.746. The van der Waals surface area contributed by atoms with E-state index in [-0.39, 0.29) is 0 Å². The van der Waals surface area contributed by atoms with Crippen molar-refractivity contribution >= 4 is 12.2 Å². The van der Waals surface area contributed by atoms with Crippen molar-refractivity contribution in [3.05, 3.63) is 0 Å². The van der Waals surface area contributed by atoms with E-state index in [9.17, 15) is 35.9 Å². The highest BCUT2D eigenvalue weighted by Gasteiger charge is 2.78. The molecule has 12 heteroatoms. The van der Waals surface area contributed by atoms with Crippen LogP contribution in [-0.2, 0) is 9.47 Å². The highest BCUT2D eigenvalue weighted by molar-refractivity contribution is 5.66. The van der Waals surface area contributed by atoms with Gasteiger partial charge in [-0.1, -0.05) is 0 Å². The predicted molar refractivity (Wildman–Crippen MR) is 36.2 cm³/mol. The number of alkyl halides is 6. The Morgan fingerprint density at radius 1 is 0.824 bits per heavy atom. The van der Waals surface area contributed by atoms with Crippen LogP contribution in [0.4, 0.5) is 35.9 Å². The molecular weight excluding hydrogens is 266 g/mol. The average molecular weight is 270 g/mol. The van der Waals surface area contributed by atoms with Gasteiger partial charge in [0.05, 0.1) is 0 Å². The fourth-order valence-corrected chi connectivity index (χ4v) is 0.613. The lowest BCUT2D eigenvalue weighted by molar-refractivity contribution is -0.430. The first-order chi connectivity index (χ1) is 7.33. The van der Waals surface area contributed by atoms with Gasteiger partial charge in [0.1, 0.15) is 0 Å². The molecule has 6 nitrogen and oxygen atoms in total. The van der Waals surface area contributed by atoms with Crippen LogP contribution in [0.1, 0.15) is 0 Å². The number of hydrogen-bond acceptors (Lipinski definition) is 4. The fraction of sp³-hybridized carbons (Fsp3) is 0.600. The van der Waals surface area contributed by atoms with E-state index >= 15 is 0 Å². The number of halogens is 6. The minimum atomic E-state index is -6.42. The van der Waals surface area contributed by atoms with Crippen molar-refractivity contribution in [1.29, 1.82) is 0 Å². The van der Waals surface area contributed by atoms with Crippen LogP contribution < -0.4 is 11.5 Å². The van der Waals surface area contributed by atoms with E-state index < -0.39 is 30.3 Å². The summed E-state index contributed by atoms with van der Waals surface area (Å²) in [5.74, 6) is -5.94. The first-order valence-corrected chi connectivity index (χ1v) is 3.44. The van der Waals surface area contributed by atoms with E-state index in [0.717, 1.165) is 0 Å². The number of carbonyl (C=O) groups excluding carboxylic acids is 2. The summed E-state index contributed by atoms with van der Waals surface area (Å²) >= 11 is 0. The van der Waals surface area contributed by atoms with Crippen molar-refractivity contribution in [1.82, 2.24) is 0 Å². The lowest BCUT2D eigenvalue weighted by Gasteiger charge is -2.31. The van der Waals surface area contributed by atoms with Gasteiger partial charge in [0.15, 0.2) is 0 Å². The summed E-state index contributed by atoms with van der Waals surface area (Å²) in [5.41, 5.74) is 8.00. The minimum Gasteiger partial charge on any atom is -0.395 e. The van der Waals surface area contributed by atoms with Gasteiger partial charge in [-0.05, 0) is 0 Å². The molecule has 0 saturated heterocycles. The molecule has 0 heterocycles. The standard InChI is InChI=1S/C5H4F6N2O4/c6-3(4(7,8)9,16-1(12)14)5(10,11)17-2(13)15/h(H2,12,14)(H2,13,15). The SMILES string of the molecule is NC(=O)OC(F)(F)C(F)(OC(N)=O)C(F)(F)F. The first-order valence-electron chi connectivity index (χ1n) is 3.44. The zero-order valence-electron chi connectivity index (χ0n) is 7.56. The van der Waals surface area contributed by atoms with Gasteiger partial charge in [-0.2, -0.15) is 26.3 Å². The van der Waals surface area contributed by atoms with Crippen LogP contribution in [0.5, 0.6) is 0 Å². The lowest BCUT2D eigenvalue weighted by Crippen LogP contribution is -2.60. The number of nitrogens with two attached hydrogens (primary N) is 2. The van der Waals surface area contributed by atoms with Gasteiger partial charge in [-0.3, -0.25) is 0 Å². The Bertz CT molecular complexity index is 331. The number of rotatable bonds is 3. The predicted octanol–water partition coefficient (Wildman–Crippen LogP) is 0.998. The molecule has 4 N–H and O–H groups in total. The van der Waals surface area contributed by atoms with Crippen LogP contribution in [0.25, 0.3) is 0 Å². The van der Waals surface area contributed by atoms with Crippen molar-refractivity contribution in [2.45, 2.75) is 18.1 Å². The van der Waals surface area contributed by atoms with E-state index in [1.807, 2.05) is 0 Å². The molecule has 0 aromatic carbocycles. The summed E-state index contributed by atoms with van der Waals surface area (Å²) in [7, 11) is 0. The summed E-state index contributed by atoms with van der Waals surface area (Å²) in [4.78, 5) is 19.8. The monoisotopic (exact) mass is 270 g/mol. The Morgan fingerprint density at radius 2 is 1.18 bits per heavy atom. The molecule has 0 aliphatic rings. The zero-order valence-corrected chi connectivity index (χ0v) is 7.56. The summed E-state index contributed by atoms with van der Waals surface area (Å²) in [5, 5.41) is 0. The molecule has 0 fully saturated rings. The molecule has 0 radical (unpaired) electrons. The number of hydrogen-bond donors (Lipinski definition) is 2. The van der Waals surface area contributed by atoms with Gasteiger partial charge in [-0.25, -0.2) is 9.59 Å². The van der Waals surface area contributed by atoms with E-state index in [1.165, 1.54) is 0 Å². The Balaban J connectivity index is 5.46. The van der Waals surface area contributed by atoms with Crippen molar-refractivity contribution in [3.8, 4) is 0 Å². The Hall–Kier alpha value is -1.88. The van der Waals surface area contributed by atoms with Gasteiger partial charge in [0, 0.05) is 0 Å². The molecule has 2 amide bonds. The molecule has 0 aromatic heterocycles. The number of primary amides is 2. The maximum atomic E-state index is 13.0. The maximum Gasteiger partial charge on any atom is 0.484 e. The van der Waals surface area contributed by atoms with Crippen molar-refractivity contribution in [2.75, 3.05) is 0 Å². The molecule has 17 heavy (non-hydrogen) atoms. The number of amides is 2. The first kappa shape index (κ1) is 15.1. The molecule has 0 saturated carbocycles. The molecule has 0 aliphatic heterocycles. The second-order valence-corrected chi connectivity index (χ2v) is 2.45. The largest absolute Gasteiger partial charge is 0.484 e. The van der Waals surface area contributed by atoms with E-state index in [4.69, 9.17) is 0 Å². The highest BCUT2D eigenvalue weighted by Crippen LogP contribution is 2.46. The average Bonchev–Trinajstić information content (AvgIpc) is 1.96. The second kappa shape index (κ2) is 4.18. The number of ether oxygens (including phenoxy) is 2. The minimum absolute atomic E-state index is 2.42. The molecule has 1 atom stereocenters. The third-order valence-corrected chi connectivity index (χ3v) is 1.21. The Kier molecular flexibility index (Phi) is 3.72. The lowest BCUT2D eigenvalue weighted by atomic mass is 10.2. The van der Waals surface area contributed by atoms with Crippen molar-refractivity contribution < 1.29 is 45.4 Å². The fourth-order valence-electron chi connectivity index (χ4n) is 0.613. The van der Waals surface area contributed by atoms with Crippen LogP contribution in [0, 0.1) is 0 Å². The van der Waals surface area contributed by atoms with Crippen LogP contribution in [0.2, 0.25) is 0 Å². The van der Waals surface area contributed by atoms with E-state index in [1.54, 1.807) is 0 Å². The molecule has 0 aliphatic carbocycles. The molecule has 100 valence electrons. The topological polar surface area (TPSA) is 105 Å². The molecular formula is C5H4F6N2O4. The van der Waals surface area contributed by atoms with Crippen LogP contribution in [-0.4, -0.2) is 30.3 Å². The van der Waals surface area contributed by atoms with Crippen molar-refractivity contribution in [2.24, 2.45) is 11.5 Å². The summed E-state index contributed by atoms with van der Waals surface area (Å²) in [6.07, 6.45) is -17.2. The van der Waals surface area contributed by atoms with Crippen molar-refractivity contribution in [3.63, 3.8) is 0 Å². The van der Waals surface area contributed by atoms with Crippen LogP contribution in [0.15, 0.2) is 0 Å². The van der Waals surface area contributed by atoms with Crippen LogP contribution >= 0.6 is 0 Å². The van der Waals surface area contributed by atoms with Gasteiger partial charge < -0.3 is 20.9 Å². The molecule has 0 bridgehead atoms. The molecule has 1 unspecified atom stereocenters. The Morgan fingerprint density at radius 3 is 1.41 bits per heavy atom. The summed E-state index contributed by atoms with van der Waals surface area (Å²) in [6.45, 7) is 0. The molecule has 0 rings (SSSR count). The van der Waals surface area contributed by atoms with Gasteiger partial charge in [0.25, 0.3) is 0 Å². The maximum absolute atomic E-state index is 13.0. The summed E-state index contributed by atoms with van der Waals surface area (Å²) in [6, 6.07) is 0. The van der Waals surface area contributed by atoms with E-state index in [2.05, 4.69) is 20.9 Å². The Labute approximate surface area is 88.4 Å². The second-order valence-electron chi connectivity index (χ2n) is 2.45. The third-order valence-electron chi connectivity index (χ3n) is 1.21. The van der Waals surface area contributed by atoms with Gasteiger partial charge in [0.2, 0.25) is 0 Å². The number of carbonyl (C=O) groups is 2. The van der Waals surface area contributed by atoms with Gasteiger partial charge >= 0.3 is 30.3 Å². The molecule has 0 spiro atoms. The molecule has 0 aromatic rings. The third kappa shape index (κ3) is 3.04.